The van der Waals surface area contributed by atoms with Gasteiger partial charge < -0.3 is 20.1 Å². The molecule has 9 nitrogen and oxygen atoms in total. The summed E-state index contributed by atoms with van der Waals surface area (Å²) in [5.74, 6) is 0.968. The van der Waals surface area contributed by atoms with E-state index in [0.29, 0.717) is 44.3 Å². The number of H-pyrrole nitrogens is 1. The van der Waals surface area contributed by atoms with E-state index in [1.54, 1.807) is 12.3 Å². The van der Waals surface area contributed by atoms with Gasteiger partial charge in [0.2, 0.25) is 0 Å². The summed E-state index contributed by atoms with van der Waals surface area (Å²) in [6.07, 6.45) is -2.33. The maximum atomic E-state index is 12.8. The van der Waals surface area contributed by atoms with Crippen LogP contribution in [0, 0.1) is 0 Å². The van der Waals surface area contributed by atoms with Gasteiger partial charge in [-0.15, -0.1) is 0 Å². The summed E-state index contributed by atoms with van der Waals surface area (Å²) < 4.78 is 43.7. The fourth-order valence-corrected chi connectivity index (χ4v) is 4.40. The summed E-state index contributed by atoms with van der Waals surface area (Å²) >= 11 is 0. The van der Waals surface area contributed by atoms with Gasteiger partial charge in [0.15, 0.2) is 0 Å². The number of halogens is 3. The minimum atomic E-state index is -4.43. The molecule has 2 aliphatic rings. The largest absolute Gasteiger partial charge is 0.417 e. The quantitative estimate of drug-likeness (QED) is 0.507. The number of nitrogens with one attached hydrogen (secondary N) is 2. The molecule has 1 aromatic carbocycles. The Morgan fingerprint density at radius 3 is 2.77 bits per heavy atom. The number of nitrogens with zero attached hydrogens (tertiary/aromatic N) is 4. The zero-order valence-corrected chi connectivity index (χ0v) is 18.5. The number of fused-ring (bicyclic) bond motifs is 1. The molecule has 1 atom stereocenters. The molecule has 0 bridgehead atoms. The van der Waals surface area contributed by atoms with Crippen molar-refractivity contribution in [1.82, 2.24) is 25.4 Å². The van der Waals surface area contributed by atoms with E-state index in [1.165, 1.54) is 6.07 Å². The van der Waals surface area contributed by atoms with Gasteiger partial charge in [-0.1, -0.05) is 0 Å². The molecule has 2 aliphatic heterocycles. The van der Waals surface area contributed by atoms with Crippen molar-refractivity contribution >= 4 is 11.9 Å². The topological polar surface area (TPSA) is 107 Å². The van der Waals surface area contributed by atoms with Gasteiger partial charge in [-0.05, 0) is 30.3 Å². The summed E-state index contributed by atoms with van der Waals surface area (Å²) in [5, 5.41) is 19.9. The molecule has 1 saturated heterocycles. The molecule has 0 unspecified atom stereocenters. The summed E-state index contributed by atoms with van der Waals surface area (Å²) in [4.78, 5) is 19.4. The number of anilines is 1. The van der Waals surface area contributed by atoms with Crippen LogP contribution in [0.25, 0.3) is 11.3 Å². The first-order valence-corrected chi connectivity index (χ1v) is 11.1. The number of aromatic nitrogens is 3. The molecule has 184 valence electrons. The van der Waals surface area contributed by atoms with E-state index in [9.17, 15) is 23.1 Å². The van der Waals surface area contributed by atoms with E-state index >= 15 is 0 Å². The van der Waals surface area contributed by atoms with Crippen LogP contribution in [0.2, 0.25) is 0 Å². The van der Waals surface area contributed by atoms with Gasteiger partial charge in [-0.2, -0.15) is 18.3 Å². The molecular weight excluding hydrogens is 465 g/mol. The summed E-state index contributed by atoms with van der Waals surface area (Å²) in [6, 6.07) is 7.69. The van der Waals surface area contributed by atoms with Gasteiger partial charge in [0.05, 0.1) is 30.1 Å². The van der Waals surface area contributed by atoms with Gasteiger partial charge >= 0.3 is 12.3 Å². The van der Waals surface area contributed by atoms with Gasteiger partial charge in [-0.3, -0.25) is 10.00 Å². The van der Waals surface area contributed by atoms with Crippen LogP contribution in [0.15, 0.2) is 42.7 Å². The average Bonchev–Trinajstić information content (AvgIpc) is 3.31. The van der Waals surface area contributed by atoms with Crippen LogP contribution in [0.4, 0.5) is 23.8 Å². The summed E-state index contributed by atoms with van der Waals surface area (Å²) in [7, 11) is 0. The molecule has 3 aromatic rings. The Morgan fingerprint density at radius 1 is 1.17 bits per heavy atom. The van der Waals surface area contributed by atoms with E-state index in [4.69, 9.17) is 4.74 Å². The Labute approximate surface area is 198 Å². The molecule has 0 saturated carbocycles. The van der Waals surface area contributed by atoms with Crippen molar-refractivity contribution < 1.29 is 27.8 Å². The van der Waals surface area contributed by atoms with E-state index < -0.39 is 17.8 Å². The molecule has 4 heterocycles. The molecule has 0 spiro atoms. The number of rotatable bonds is 5. The van der Waals surface area contributed by atoms with Crippen LogP contribution in [-0.4, -0.2) is 63.6 Å². The van der Waals surface area contributed by atoms with Gasteiger partial charge in [-0.25, -0.2) is 9.78 Å². The second-order valence-electron chi connectivity index (χ2n) is 8.49. The Bertz CT molecular complexity index is 1210. The van der Waals surface area contributed by atoms with Gasteiger partial charge in [0, 0.05) is 55.6 Å². The predicted octanol–water partition coefficient (Wildman–Crippen LogP) is 2.78. The van der Waals surface area contributed by atoms with Crippen LogP contribution < -0.4 is 15.0 Å². The number of amides is 1. The van der Waals surface area contributed by atoms with Crippen molar-refractivity contribution in [2.45, 2.75) is 25.3 Å². The second-order valence-corrected chi connectivity index (χ2v) is 8.49. The lowest BCUT2D eigenvalue weighted by molar-refractivity contribution is -0.137. The number of benzene rings is 1. The number of carbonyl (C=O) groups is 1. The first-order chi connectivity index (χ1) is 16.8. The molecule has 5 rings (SSSR count). The highest BCUT2D eigenvalue weighted by Crippen LogP contribution is 2.31. The SMILES string of the molecule is O=C1NCc2cc(-c3[nH]ncc3CN3CCN(c4ccc(C(F)(F)F)cn4)C[C@@H]3CO)ccc2O1. The lowest BCUT2D eigenvalue weighted by atomic mass is 10.0. The Hall–Kier alpha value is -3.64. The van der Waals surface area contributed by atoms with Crippen molar-refractivity contribution in [3.05, 3.63) is 59.4 Å². The van der Waals surface area contributed by atoms with Crippen molar-refractivity contribution in [2.75, 3.05) is 31.1 Å². The fraction of sp³-hybridized carbons (Fsp3) is 0.348. The molecule has 12 heteroatoms. The van der Waals surface area contributed by atoms with E-state index in [0.717, 1.165) is 34.6 Å². The normalized spacial score (nSPS) is 18.7. The van der Waals surface area contributed by atoms with Crippen molar-refractivity contribution in [1.29, 1.82) is 0 Å². The van der Waals surface area contributed by atoms with E-state index in [-0.39, 0.29) is 12.6 Å². The molecule has 0 radical (unpaired) electrons. The molecule has 1 amide bonds. The minimum Gasteiger partial charge on any atom is -0.410 e. The predicted molar refractivity (Wildman–Crippen MR) is 120 cm³/mol. The van der Waals surface area contributed by atoms with Crippen molar-refractivity contribution in [3.63, 3.8) is 0 Å². The van der Waals surface area contributed by atoms with Crippen LogP contribution >= 0.6 is 0 Å². The monoisotopic (exact) mass is 488 g/mol. The van der Waals surface area contributed by atoms with Crippen LogP contribution in [0.3, 0.4) is 0 Å². The first kappa shape index (κ1) is 23.1. The van der Waals surface area contributed by atoms with Crippen molar-refractivity contribution in [2.24, 2.45) is 0 Å². The average molecular weight is 488 g/mol. The van der Waals surface area contributed by atoms with Crippen LogP contribution in [0.5, 0.6) is 5.75 Å². The third-order valence-corrected chi connectivity index (χ3v) is 6.28. The maximum Gasteiger partial charge on any atom is 0.417 e. The van der Waals surface area contributed by atoms with Gasteiger partial charge in [0.25, 0.3) is 0 Å². The number of aliphatic hydroxyl groups excluding tert-OH is 1. The van der Waals surface area contributed by atoms with Crippen LogP contribution in [-0.2, 0) is 19.3 Å². The molecule has 0 aliphatic carbocycles. The molecule has 35 heavy (non-hydrogen) atoms. The number of ether oxygens (including phenoxy) is 1. The number of carbonyl (C=O) groups excluding carboxylic acids is 1. The summed E-state index contributed by atoms with van der Waals surface area (Å²) in [5.41, 5.74) is 2.72. The molecule has 3 N–H and O–H groups in total. The highest BCUT2D eigenvalue weighted by atomic mass is 19.4. The third-order valence-electron chi connectivity index (χ3n) is 6.28. The number of pyridine rings is 1. The second kappa shape index (κ2) is 9.19. The highest BCUT2D eigenvalue weighted by Gasteiger charge is 2.32. The Kier molecular flexibility index (Phi) is 6.07. The first-order valence-electron chi connectivity index (χ1n) is 11.1. The molecule has 1 fully saturated rings. The number of piperazine rings is 1. The highest BCUT2D eigenvalue weighted by molar-refractivity contribution is 5.74. The van der Waals surface area contributed by atoms with Crippen LogP contribution in [0.1, 0.15) is 16.7 Å². The maximum absolute atomic E-state index is 12.8. The number of aromatic amines is 1. The smallest absolute Gasteiger partial charge is 0.410 e. The van der Waals surface area contributed by atoms with Crippen molar-refractivity contribution in [3.8, 4) is 17.0 Å². The lowest BCUT2D eigenvalue weighted by Crippen LogP contribution is -2.54. The number of hydrogen-bond donors (Lipinski definition) is 3. The third kappa shape index (κ3) is 4.80. The number of hydrogen-bond acceptors (Lipinski definition) is 7. The Balaban J connectivity index is 1.29. The molecular formula is C23H23F3N6O3. The number of aliphatic hydroxyl groups is 1. The zero-order chi connectivity index (χ0) is 24.6. The minimum absolute atomic E-state index is 0.111. The Morgan fingerprint density at radius 2 is 2.03 bits per heavy atom. The number of alkyl halides is 3. The van der Waals surface area contributed by atoms with E-state index in [1.807, 2.05) is 17.0 Å². The fourth-order valence-electron chi connectivity index (χ4n) is 4.40. The zero-order valence-electron chi connectivity index (χ0n) is 18.5. The van der Waals surface area contributed by atoms with Gasteiger partial charge in [0.1, 0.15) is 11.6 Å². The lowest BCUT2D eigenvalue weighted by Gasteiger charge is -2.41. The van der Waals surface area contributed by atoms with E-state index in [2.05, 4.69) is 25.4 Å². The summed E-state index contributed by atoms with van der Waals surface area (Å²) in [6.45, 7) is 2.35. The molecule has 2 aromatic heterocycles. The standard InChI is InChI=1S/C23H23F3N6O3/c24-23(25,26)17-2-4-20(27-10-17)32-6-5-31(18(12-32)13-33)11-16-9-29-30-21(16)14-1-3-19-15(7-14)8-28-22(34)35-19/h1-4,7,9-10,18,33H,5-6,8,11-13H2,(H,28,34)(H,29,30)/t18-/m1/s1.